The molecule has 5 heteroatoms. The Kier molecular flexibility index (Phi) is 5.40. The van der Waals surface area contributed by atoms with Crippen molar-refractivity contribution in [3.05, 3.63) is 35.9 Å². The van der Waals surface area contributed by atoms with E-state index < -0.39 is 11.9 Å². The third-order valence-corrected chi connectivity index (χ3v) is 5.68. The Hall–Kier alpha value is -1.46. The summed E-state index contributed by atoms with van der Waals surface area (Å²) >= 11 is 0. The Balaban J connectivity index is 1.64. The number of carbonyl (C=O) groups is 1. The summed E-state index contributed by atoms with van der Waals surface area (Å²) in [6.07, 6.45) is 0.940. The molecule has 4 nitrogen and oxygen atoms in total. The summed E-state index contributed by atoms with van der Waals surface area (Å²) < 4.78 is 21.1. The smallest absolute Gasteiger partial charge is 0.254 e. The number of carbonyl (C=O) groups excluding carboxylic acids is 1. The molecule has 0 saturated carbocycles. The highest BCUT2D eigenvalue weighted by molar-refractivity contribution is 5.85. The first kappa shape index (κ1) is 19.3. The summed E-state index contributed by atoms with van der Waals surface area (Å²) in [5, 5.41) is 0. The van der Waals surface area contributed by atoms with Crippen molar-refractivity contribution < 1.29 is 13.9 Å². The standard InChI is InChI=1S/C21H31FN2O2/c1-16(2)24-15-21(26-20(3,4)19(24)25)10-12-23(13-11-21)18(22)14-17-8-6-5-7-9-17/h5-9,16,18H,10-15H2,1-4H3. The van der Waals surface area contributed by atoms with Gasteiger partial charge in [0, 0.05) is 25.6 Å². The summed E-state index contributed by atoms with van der Waals surface area (Å²) in [5.74, 6) is 0.0491. The molecule has 1 aromatic rings. The van der Waals surface area contributed by atoms with Crippen molar-refractivity contribution >= 4 is 5.91 Å². The molecule has 144 valence electrons. The third-order valence-electron chi connectivity index (χ3n) is 5.68. The summed E-state index contributed by atoms with van der Waals surface area (Å²) in [5.41, 5.74) is -0.152. The fraction of sp³-hybridized carbons (Fsp3) is 0.667. The number of piperidine rings is 1. The molecule has 3 rings (SSSR count). The lowest BCUT2D eigenvalue weighted by Crippen LogP contribution is -2.66. The second kappa shape index (κ2) is 7.28. The number of nitrogens with zero attached hydrogens (tertiary/aromatic N) is 2. The van der Waals surface area contributed by atoms with Gasteiger partial charge in [-0.3, -0.25) is 9.69 Å². The molecular weight excluding hydrogens is 331 g/mol. The zero-order valence-corrected chi connectivity index (χ0v) is 16.4. The lowest BCUT2D eigenvalue weighted by atomic mass is 9.85. The molecule has 26 heavy (non-hydrogen) atoms. The maximum Gasteiger partial charge on any atom is 0.254 e. The SMILES string of the molecule is CC(C)N1CC2(CCN(C(F)Cc3ccccc3)CC2)OC(C)(C)C1=O. The highest BCUT2D eigenvalue weighted by atomic mass is 19.1. The van der Waals surface area contributed by atoms with Gasteiger partial charge in [-0.2, -0.15) is 0 Å². The maximum absolute atomic E-state index is 14.8. The molecule has 0 aromatic heterocycles. The quantitative estimate of drug-likeness (QED) is 0.770. The molecule has 1 atom stereocenters. The van der Waals surface area contributed by atoms with E-state index in [-0.39, 0.29) is 17.6 Å². The van der Waals surface area contributed by atoms with Crippen molar-refractivity contribution in [2.24, 2.45) is 0 Å². The van der Waals surface area contributed by atoms with E-state index in [0.29, 0.717) is 26.1 Å². The number of rotatable bonds is 4. The topological polar surface area (TPSA) is 32.8 Å². The number of hydrogen-bond donors (Lipinski definition) is 0. The van der Waals surface area contributed by atoms with Crippen LogP contribution in [0.15, 0.2) is 30.3 Å². The molecule has 2 fully saturated rings. The van der Waals surface area contributed by atoms with Crippen LogP contribution < -0.4 is 0 Å². The molecule has 0 N–H and O–H groups in total. The Labute approximate surface area is 156 Å². The lowest BCUT2D eigenvalue weighted by molar-refractivity contribution is -0.221. The number of benzene rings is 1. The van der Waals surface area contributed by atoms with Crippen LogP contribution in [0.2, 0.25) is 0 Å². The number of amides is 1. The van der Waals surface area contributed by atoms with E-state index in [1.54, 1.807) is 0 Å². The van der Waals surface area contributed by atoms with Crippen LogP contribution in [-0.2, 0) is 16.0 Å². The first-order valence-corrected chi connectivity index (χ1v) is 9.66. The fourth-order valence-electron chi connectivity index (χ4n) is 4.17. The summed E-state index contributed by atoms with van der Waals surface area (Å²) in [4.78, 5) is 16.5. The maximum atomic E-state index is 14.8. The van der Waals surface area contributed by atoms with Crippen LogP contribution in [0.4, 0.5) is 4.39 Å². The molecule has 2 aliphatic heterocycles. The predicted molar refractivity (Wildman–Crippen MR) is 101 cm³/mol. The molecule has 0 radical (unpaired) electrons. The monoisotopic (exact) mass is 362 g/mol. The number of hydrogen-bond acceptors (Lipinski definition) is 3. The molecule has 1 amide bonds. The van der Waals surface area contributed by atoms with Gasteiger partial charge in [0.05, 0.1) is 12.1 Å². The molecule has 0 bridgehead atoms. The zero-order chi connectivity index (χ0) is 18.9. The molecule has 2 aliphatic rings. The number of likely N-dealkylation sites (tertiary alicyclic amines) is 1. The fourth-order valence-corrected chi connectivity index (χ4v) is 4.17. The number of halogens is 1. The predicted octanol–water partition coefficient (Wildman–Crippen LogP) is 3.41. The zero-order valence-electron chi connectivity index (χ0n) is 16.4. The first-order chi connectivity index (χ1) is 12.2. The summed E-state index contributed by atoms with van der Waals surface area (Å²) in [7, 11) is 0. The van der Waals surface area contributed by atoms with Gasteiger partial charge in [0.25, 0.3) is 5.91 Å². The first-order valence-electron chi connectivity index (χ1n) is 9.66. The Bertz CT molecular complexity index is 624. The van der Waals surface area contributed by atoms with Crippen LogP contribution in [-0.4, -0.2) is 58.9 Å². The minimum atomic E-state index is -0.978. The average Bonchev–Trinajstić information content (AvgIpc) is 2.59. The number of morpholine rings is 1. The Morgan fingerprint density at radius 3 is 2.35 bits per heavy atom. The van der Waals surface area contributed by atoms with Crippen molar-refractivity contribution in [2.75, 3.05) is 19.6 Å². The van der Waals surface area contributed by atoms with E-state index in [1.165, 1.54) is 0 Å². The molecule has 0 aliphatic carbocycles. The van der Waals surface area contributed by atoms with E-state index in [9.17, 15) is 9.18 Å². The minimum absolute atomic E-state index is 0.0491. The molecule has 1 unspecified atom stereocenters. The van der Waals surface area contributed by atoms with Crippen molar-refractivity contribution in [2.45, 2.75) is 70.5 Å². The van der Waals surface area contributed by atoms with Crippen molar-refractivity contribution in [3.8, 4) is 0 Å². The summed E-state index contributed by atoms with van der Waals surface area (Å²) in [6.45, 7) is 9.71. The molecule has 2 saturated heterocycles. The molecule has 1 aromatic carbocycles. The van der Waals surface area contributed by atoms with Crippen molar-refractivity contribution in [1.82, 2.24) is 9.80 Å². The van der Waals surface area contributed by atoms with E-state index in [4.69, 9.17) is 4.74 Å². The molecule has 1 spiro atoms. The van der Waals surface area contributed by atoms with Crippen LogP contribution in [0.25, 0.3) is 0 Å². The Morgan fingerprint density at radius 2 is 1.77 bits per heavy atom. The van der Waals surface area contributed by atoms with E-state index >= 15 is 0 Å². The van der Waals surface area contributed by atoms with Gasteiger partial charge in [-0.1, -0.05) is 30.3 Å². The van der Waals surface area contributed by atoms with Gasteiger partial charge < -0.3 is 9.64 Å². The molecular formula is C21H31FN2O2. The second-order valence-corrected chi connectivity index (χ2v) is 8.48. The highest BCUT2D eigenvalue weighted by Crippen LogP contribution is 2.38. The van der Waals surface area contributed by atoms with Crippen LogP contribution >= 0.6 is 0 Å². The van der Waals surface area contributed by atoms with Gasteiger partial charge in [-0.15, -0.1) is 0 Å². The average molecular weight is 362 g/mol. The normalized spacial score (nSPS) is 24.2. The summed E-state index contributed by atoms with van der Waals surface area (Å²) in [6, 6.07) is 9.93. The van der Waals surface area contributed by atoms with Gasteiger partial charge in [-0.05, 0) is 46.1 Å². The number of alkyl halides is 1. The van der Waals surface area contributed by atoms with Crippen LogP contribution in [0.5, 0.6) is 0 Å². The Morgan fingerprint density at radius 1 is 1.15 bits per heavy atom. The van der Waals surface area contributed by atoms with E-state index in [2.05, 4.69) is 0 Å². The van der Waals surface area contributed by atoms with Gasteiger partial charge in [0.15, 0.2) is 6.30 Å². The van der Waals surface area contributed by atoms with Crippen molar-refractivity contribution in [3.63, 3.8) is 0 Å². The largest absolute Gasteiger partial charge is 0.357 e. The number of ether oxygens (including phenoxy) is 1. The van der Waals surface area contributed by atoms with Gasteiger partial charge in [-0.25, -0.2) is 4.39 Å². The van der Waals surface area contributed by atoms with Gasteiger partial charge in [0.2, 0.25) is 0 Å². The van der Waals surface area contributed by atoms with Crippen LogP contribution in [0, 0.1) is 0 Å². The van der Waals surface area contributed by atoms with Gasteiger partial charge >= 0.3 is 0 Å². The van der Waals surface area contributed by atoms with E-state index in [1.807, 2.05) is 67.8 Å². The van der Waals surface area contributed by atoms with Gasteiger partial charge in [0.1, 0.15) is 5.60 Å². The lowest BCUT2D eigenvalue weighted by Gasteiger charge is -2.53. The second-order valence-electron chi connectivity index (χ2n) is 8.48. The van der Waals surface area contributed by atoms with Crippen molar-refractivity contribution in [1.29, 1.82) is 0 Å². The third kappa shape index (κ3) is 3.94. The van der Waals surface area contributed by atoms with E-state index in [0.717, 1.165) is 18.4 Å². The highest BCUT2D eigenvalue weighted by Gasteiger charge is 2.51. The van der Waals surface area contributed by atoms with Crippen LogP contribution in [0.3, 0.4) is 0 Å². The minimum Gasteiger partial charge on any atom is -0.357 e. The molecule has 2 heterocycles. The van der Waals surface area contributed by atoms with Crippen LogP contribution in [0.1, 0.15) is 46.1 Å².